The first-order chi connectivity index (χ1) is 7.84. The number of benzene rings is 1. The molecule has 1 heterocycles. The SMILES string of the molecule is O=C(NC1CCC1)N1CCc2ccccc21. The lowest BCUT2D eigenvalue weighted by atomic mass is 9.93. The highest BCUT2D eigenvalue weighted by Gasteiger charge is 2.27. The molecule has 1 aliphatic heterocycles. The Bertz CT molecular complexity index is 412. The second-order valence-corrected chi connectivity index (χ2v) is 4.61. The van der Waals surface area contributed by atoms with Gasteiger partial charge in [-0.05, 0) is 37.3 Å². The highest BCUT2D eigenvalue weighted by molar-refractivity contribution is 5.94. The molecule has 2 amide bonds. The van der Waals surface area contributed by atoms with Crippen molar-refractivity contribution in [2.75, 3.05) is 11.4 Å². The van der Waals surface area contributed by atoms with Crippen LogP contribution in [0.5, 0.6) is 0 Å². The molecule has 0 unspecified atom stereocenters. The lowest BCUT2D eigenvalue weighted by Crippen LogP contribution is -2.46. The predicted molar refractivity (Wildman–Crippen MR) is 63.7 cm³/mol. The van der Waals surface area contributed by atoms with Gasteiger partial charge in [0.1, 0.15) is 0 Å². The number of rotatable bonds is 1. The van der Waals surface area contributed by atoms with E-state index in [0.29, 0.717) is 6.04 Å². The summed E-state index contributed by atoms with van der Waals surface area (Å²) < 4.78 is 0. The first-order valence-corrected chi connectivity index (χ1v) is 6.00. The smallest absolute Gasteiger partial charge is 0.322 e. The quantitative estimate of drug-likeness (QED) is 0.767. The fourth-order valence-electron chi connectivity index (χ4n) is 2.35. The van der Waals surface area contributed by atoms with Crippen LogP contribution >= 0.6 is 0 Å². The number of hydrogen-bond acceptors (Lipinski definition) is 1. The molecular formula is C13H16N2O. The number of nitrogens with zero attached hydrogens (tertiary/aromatic N) is 1. The van der Waals surface area contributed by atoms with Crippen LogP contribution in [-0.2, 0) is 6.42 Å². The van der Waals surface area contributed by atoms with Gasteiger partial charge in [-0.3, -0.25) is 4.90 Å². The third kappa shape index (κ3) is 1.56. The molecule has 1 saturated carbocycles. The van der Waals surface area contributed by atoms with Gasteiger partial charge in [-0.15, -0.1) is 0 Å². The number of anilines is 1. The molecule has 1 aromatic carbocycles. The first-order valence-electron chi connectivity index (χ1n) is 6.00. The van der Waals surface area contributed by atoms with Crippen molar-refractivity contribution < 1.29 is 4.79 Å². The minimum atomic E-state index is 0.0784. The van der Waals surface area contributed by atoms with Crippen LogP contribution in [0, 0.1) is 0 Å². The molecule has 1 N–H and O–H groups in total. The van der Waals surface area contributed by atoms with Crippen LogP contribution in [0.25, 0.3) is 0 Å². The van der Waals surface area contributed by atoms with E-state index in [2.05, 4.69) is 11.4 Å². The Morgan fingerprint density at radius 1 is 1.31 bits per heavy atom. The van der Waals surface area contributed by atoms with Crippen LogP contribution in [0.1, 0.15) is 24.8 Å². The van der Waals surface area contributed by atoms with Crippen molar-refractivity contribution in [2.24, 2.45) is 0 Å². The predicted octanol–water partition coefficient (Wildman–Crippen LogP) is 2.31. The first kappa shape index (κ1) is 9.70. The van der Waals surface area contributed by atoms with Gasteiger partial charge in [0.05, 0.1) is 0 Å². The van der Waals surface area contributed by atoms with E-state index in [1.54, 1.807) is 0 Å². The van der Waals surface area contributed by atoms with Crippen molar-refractivity contribution >= 4 is 11.7 Å². The standard InChI is InChI=1S/C13H16N2O/c16-13(14-11-5-3-6-11)15-9-8-10-4-1-2-7-12(10)15/h1-2,4,7,11H,3,5-6,8-9H2,(H,14,16). The molecule has 0 radical (unpaired) electrons. The average molecular weight is 216 g/mol. The van der Waals surface area contributed by atoms with Gasteiger partial charge in [-0.25, -0.2) is 4.79 Å². The molecule has 0 bridgehead atoms. The summed E-state index contributed by atoms with van der Waals surface area (Å²) in [4.78, 5) is 13.9. The van der Waals surface area contributed by atoms with Crippen LogP contribution in [0.2, 0.25) is 0 Å². The monoisotopic (exact) mass is 216 g/mol. The van der Waals surface area contributed by atoms with Crippen LogP contribution in [0.3, 0.4) is 0 Å². The molecule has 3 rings (SSSR count). The molecule has 1 aromatic rings. The Morgan fingerprint density at radius 3 is 2.88 bits per heavy atom. The van der Waals surface area contributed by atoms with E-state index in [9.17, 15) is 4.79 Å². The van der Waals surface area contributed by atoms with Crippen LogP contribution in [-0.4, -0.2) is 18.6 Å². The van der Waals surface area contributed by atoms with Crippen molar-refractivity contribution in [3.63, 3.8) is 0 Å². The number of hydrogen-bond donors (Lipinski definition) is 1. The Labute approximate surface area is 95.4 Å². The molecule has 2 aliphatic rings. The summed E-state index contributed by atoms with van der Waals surface area (Å²) >= 11 is 0. The number of fused-ring (bicyclic) bond motifs is 1. The fourth-order valence-corrected chi connectivity index (χ4v) is 2.35. The van der Waals surface area contributed by atoms with Crippen LogP contribution in [0.4, 0.5) is 10.5 Å². The summed E-state index contributed by atoms with van der Waals surface area (Å²) in [5, 5.41) is 3.09. The maximum Gasteiger partial charge on any atom is 0.322 e. The summed E-state index contributed by atoms with van der Waals surface area (Å²) in [5.74, 6) is 0. The lowest BCUT2D eigenvalue weighted by Gasteiger charge is -2.29. The molecule has 1 fully saturated rings. The molecule has 0 atom stereocenters. The zero-order valence-electron chi connectivity index (χ0n) is 9.28. The molecular weight excluding hydrogens is 200 g/mol. The van der Waals surface area contributed by atoms with Crippen molar-refractivity contribution in [3.8, 4) is 0 Å². The number of urea groups is 1. The van der Waals surface area contributed by atoms with Gasteiger partial charge in [-0.1, -0.05) is 18.2 Å². The van der Waals surface area contributed by atoms with Crippen molar-refractivity contribution in [1.29, 1.82) is 0 Å². The molecule has 0 aromatic heterocycles. The maximum atomic E-state index is 12.0. The summed E-state index contributed by atoms with van der Waals surface area (Å²) in [5.41, 5.74) is 2.37. The van der Waals surface area contributed by atoms with Gasteiger partial charge in [-0.2, -0.15) is 0 Å². The number of nitrogens with one attached hydrogen (secondary N) is 1. The van der Waals surface area contributed by atoms with Crippen LogP contribution in [0.15, 0.2) is 24.3 Å². The molecule has 0 saturated heterocycles. The summed E-state index contributed by atoms with van der Waals surface area (Å²) in [6, 6.07) is 8.66. The summed E-state index contributed by atoms with van der Waals surface area (Å²) in [7, 11) is 0. The van der Waals surface area contributed by atoms with Crippen molar-refractivity contribution in [1.82, 2.24) is 5.32 Å². The van der Waals surface area contributed by atoms with E-state index >= 15 is 0 Å². The summed E-state index contributed by atoms with van der Waals surface area (Å²) in [6.45, 7) is 0.817. The largest absolute Gasteiger partial charge is 0.335 e. The number of carbonyl (C=O) groups excluding carboxylic acids is 1. The van der Waals surface area contributed by atoms with Crippen molar-refractivity contribution in [2.45, 2.75) is 31.7 Å². The van der Waals surface area contributed by atoms with E-state index in [1.165, 1.54) is 12.0 Å². The lowest BCUT2D eigenvalue weighted by molar-refractivity contribution is 0.234. The van der Waals surface area contributed by atoms with Gasteiger partial charge < -0.3 is 5.32 Å². The van der Waals surface area contributed by atoms with E-state index in [-0.39, 0.29) is 6.03 Å². The Kier molecular flexibility index (Phi) is 2.31. The molecule has 3 heteroatoms. The maximum absolute atomic E-state index is 12.0. The Balaban J connectivity index is 1.73. The van der Waals surface area contributed by atoms with Gasteiger partial charge in [0.15, 0.2) is 0 Å². The zero-order chi connectivity index (χ0) is 11.0. The molecule has 1 aliphatic carbocycles. The number of carbonyl (C=O) groups is 1. The van der Waals surface area contributed by atoms with Crippen molar-refractivity contribution in [3.05, 3.63) is 29.8 Å². The molecule has 84 valence electrons. The number of amides is 2. The minimum absolute atomic E-state index is 0.0784. The van der Waals surface area contributed by atoms with Gasteiger partial charge in [0.25, 0.3) is 0 Å². The normalized spacial score (nSPS) is 19.1. The Morgan fingerprint density at radius 2 is 2.12 bits per heavy atom. The van der Waals surface area contributed by atoms with E-state index in [0.717, 1.165) is 31.5 Å². The summed E-state index contributed by atoms with van der Waals surface area (Å²) in [6.07, 6.45) is 4.51. The van der Waals surface area contributed by atoms with E-state index in [1.807, 2.05) is 23.1 Å². The average Bonchev–Trinajstić information content (AvgIpc) is 2.67. The van der Waals surface area contributed by atoms with E-state index in [4.69, 9.17) is 0 Å². The Hall–Kier alpha value is -1.51. The third-order valence-electron chi connectivity index (χ3n) is 3.57. The topological polar surface area (TPSA) is 32.3 Å². The third-order valence-corrected chi connectivity index (χ3v) is 3.57. The second kappa shape index (κ2) is 3.81. The zero-order valence-corrected chi connectivity index (χ0v) is 9.28. The molecule has 0 spiro atoms. The second-order valence-electron chi connectivity index (χ2n) is 4.61. The van der Waals surface area contributed by atoms with Crippen LogP contribution < -0.4 is 10.2 Å². The fraction of sp³-hybridized carbons (Fsp3) is 0.462. The van der Waals surface area contributed by atoms with Gasteiger partial charge in [0.2, 0.25) is 0 Å². The molecule has 16 heavy (non-hydrogen) atoms. The minimum Gasteiger partial charge on any atom is -0.335 e. The highest BCUT2D eigenvalue weighted by Crippen LogP contribution is 2.28. The highest BCUT2D eigenvalue weighted by atomic mass is 16.2. The van der Waals surface area contributed by atoms with Gasteiger partial charge >= 0.3 is 6.03 Å². The van der Waals surface area contributed by atoms with E-state index < -0.39 is 0 Å². The van der Waals surface area contributed by atoms with Gasteiger partial charge in [0, 0.05) is 18.3 Å². The molecule has 3 nitrogen and oxygen atoms in total. The number of para-hydroxylation sites is 1.